The van der Waals surface area contributed by atoms with Crippen molar-refractivity contribution < 1.29 is 19.4 Å². The lowest BCUT2D eigenvalue weighted by Crippen LogP contribution is -2.35. The van der Waals surface area contributed by atoms with Crippen LogP contribution >= 0.6 is 0 Å². The van der Waals surface area contributed by atoms with Gasteiger partial charge < -0.3 is 14.6 Å². The van der Waals surface area contributed by atoms with Crippen LogP contribution in [0.4, 0.5) is 0 Å². The highest BCUT2D eigenvalue weighted by molar-refractivity contribution is 5.83. The first-order valence-corrected chi connectivity index (χ1v) is 8.82. The molecule has 1 fully saturated rings. The van der Waals surface area contributed by atoms with Gasteiger partial charge in [0, 0.05) is 19.4 Å². The van der Waals surface area contributed by atoms with Crippen molar-refractivity contribution in [2.45, 2.75) is 71.5 Å². The number of hydrogen-bond donors (Lipinski definition) is 1. The van der Waals surface area contributed by atoms with Gasteiger partial charge in [-0.25, -0.2) is 0 Å². The molecule has 0 saturated heterocycles. The van der Waals surface area contributed by atoms with Crippen LogP contribution in [0.3, 0.4) is 0 Å². The van der Waals surface area contributed by atoms with Crippen LogP contribution in [-0.2, 0) is 14.3 Å². The number of ketones is 1. The molecule has 1 N–H and O–H groups in total. The highest BCUT2D eigenvalue weighted by Gasteiger charge is 2.47. The third kappa shape index (κ3) is 4.65. The average Bonchev–Trinajstić information content (AvgIpc) is 2.77. The smallest absolute Gasteiger partial charge is 0.146 e. The van der Waals surface area contributed by atoms with Crippen LogP contribution in [0.2, 0.25) is 0 Å². The predicted molar refractivity (Wildman–Crippen MR) is 90.0 cm³/mol. The number of allylic oxidation sites excluding steroid dienone is 1. The van der Waals surface area contributed by atoms with E-state index in [1.54, 1.807) is 7.11 Å². The molecule has 4 nitrogen and oxygen atoms in total. The van der Waals surface area contributed by atoms with Crippen LogP contribution in [-0.4, -0.2) is 37.0 Å². The molecule has 2 aliphatic rings. The summed E-state index contributed by atoms with van der Waals surface area (Å²) in [6.45, 7) is 6.70. The van der Waals surface area contributed by atoms with Crippen LogP contribution < -0.4 is 0 Å². The molecule has 23 heavy (non-hydrogen) atoms. The van der Waals surface area contributed by atoms with Crippen molar-refractivity contribution in [3.63, 3.8) is 0 Å². The van der Waals surface area contributed by atoms with E-state index in [9.17, 15) is 9.90 Å². The number of carbonyl (C=O) groups is 1. The fourth-order valence-electron chi connectivity index (χ4n) is 4.32. The maximum absolute atomic E-state index is 12.8. The Labute approximate surface area is 140 Å². The van der Waals surface area contributed by atoms with Crippen molar-refractivity contribution >= 4 is 5.78 Å². The molecule has 5 atom stereocenters. The van der Waals surface area contributed by atoms with Crippen molar-refractivity contribution in [2.24, 2.45) is 17.3 Å². The molecule has 0 bridgehead atoms. The molecule has 2 rings (SSSR count). The summed E-state index contributed by atoms with van der Waals surface area (Å²) in [6.07, 6.45) is 6.64. The van der Waals surface area contributed by atoms with Crippen molar-refractivity contribution in [3.8, 4) is 0 Å². The topological polar surface area (TPSA) is 55.8 Å². The maximum Gasteiger partial charge on any atom is 0.146 e. The summed E-state index contributed by atoms with van der Waals surface area (Å²) in [5, 5.41) is 10.3. The fraction of sp³-hybridized carbons (Fsp3) is 0.842. The Kier molecular flexibility index (Phi) is 6.40. The molecule has 0 aromatic carbocycles. The monoisotopic (exact) mass is 324 g/mol. The Morgan fingerprint density at radius 1 is 1.39 bits per heavy atom. The minimum atomic E-state index is -0.477. The fourth-order valence-corrected chi connectivity index (χ4v) is 4.32. The van der Waals surface area contributed by atoms with Gasteiger partial charge in [-0.3, -0.25) is 4.79 Å². The average molecular weight is 324 g/mol. The number of rotatable bonds is 3. The van der Waals surface area contributed by atoms with Crippen LogP contribution in [0.5, 0.6) is 0 Å². The summed E-state index contributed by atoms with van der Waals surface area (Å²) >= 11 is 0. The Morgan fingerprint density at radius 2 is 2.13 bits per heavy atom. The Bertz CT molecular complexity index is 445. The van der Waals surface area contributed by atoms with Crippen molar-refractivity contribution in [1.29, 1.82) is 0 Å². The Morgan fingerprint density at radius 3 is 2.83 bits per heavy atom. The van der Waals surface area contributed by atoms with Gasteiger partial charge >= 0.3 is 0 Å². The number of hydrogen-bond acceptors (Lipinski definition) is 4. The second-order valence-electron chi connectivity index (χ2n) is 7.90. The molecule has 4 heteroatoms. The third-order valence-corrected chi connectivity index (χ3v) is 5.60. The predicted octanol–water partition coefficient (Wildman–Crippen LogP) is 3.48. The van der Waals surface area contributed by atoms with Gasteiger partial charge in [-0.2, -0.15) is 0 Å². The minimum Gasteiger partial charge on any atom is -0.392 e. The zero-order chi connectivity index (χ0) is 17.0. The molecule has 132 valence electrons. The van der Waals surface area contributed by atoms with E-state index in [0.29, 0.717) is 6.42 Å². The largest absolute Gasteiger partial charge is 0.392 e. The van der Waals surface area contributed by atoms with Gasteiger partial charge in [0.2, 0.25) is 0 Å². The third-order valence-electron chi connectivity index (χ3n) is 5.60. The first-order valence-electron chi connectivity index (χ1n) is 8.82. The van der Waals surface area contributed by atoms with E-state index in [1.165, 1.54) is 5.57 Å². The lowest BCUT2D eigenvalue weighted by atomic mass is 9.72. The van der Waals surface area contributed by atoms with Gasteiger partial charge in [0.25, 0.3) is 0 Å². The molecule has 0 radical (unpaired) electrons. The van der Waals surface area contributed by atoms with Gasteiger partial charge in [0.1, 0.15) is 12.6 Å². The zero-order valence-corrected chi connectivity index (χ0v) is 15.0. The van der Waals surface area contributed by atoms with Gasteiger partial charge in [-0.15, -0.1) is 0 Å². The number of ether oxygens (including phenoxy) is 2. The van der Waals surface area contributed by atoms with E-state index in [0.717, 1.165) is 32.1 Å². The summed E-state index contributed by atoms with van der Waals surface area (Å²) in [6, 6.07) is 0. The van der Waals surface area contributed by atoms with Crippen molar-refractivity contribution in [2.75, 3.05) is 13.9 Å². The molecule has 0 aliphatic heterocycles. The first-order chi connectivity index (χ1) is 10.9. The molecule has 0 heterocycles. The van der Waals surface area contributed by atoms with Gasteiger partial charge in [0.15, 0.2) is 0 Å². The minimum absolute atomic E-state index is 0.0877. The highest BCUT2D eigenvalue weighted by Crippen LogP contribution is 2.48. The number of aliphatic hydroxyl groups excluding tert-OH is 1. The molecular formula is C19H32O4. The van der Waals surface area contributed by atoms with Gasteiger partial charge in [-0.05, 0) is 50.4 Å². The zero-order valence-electron chi connectivity index (χ0n) is 15.0. The molecule has 0 aromatic heterocycles. The molecule has 0 aromatic rings. The molecular weight excluding hydrogens is 292 g/mol. The summed E-state index contributed by atoms with van der Waals surface area (Å²) in [5.74, 6) is 0.265. The van der Waals surface area contributed by atoms with E-state index in [4.69, 9.17) is 9.47 Å². The second kappa shape index (κ2) is 7.91. The first kappa shape index (κ1) is 18.6. The standard InChI is InChI=1S/C19H32O4/c1-13-5-7-19(3)8-6-16(20)18(19)17(21)11-14(2)10-15(9-13)23-12-22-4/h5,14-16,18,20H,6-12H2,1-4H3/b13-5-/t14-,15?,16-,18+,19-/m1/s1. The molecule has 0 amide bonds. The normalized spacial score (nSPS) is 41.8. The van der Waals surface area contributed by atoms with E-state index < -0.39 is 6.10 Å². The number of aliphatic hydroxyl groups is 1. The van der Waals surface area contributed by atoms with Crippen LogP contribution in [0.25, 0.3) is 0 Å². The maximum atomic E-state index is 12.8. The lowest BCUT2D eigenvalue weighted by molar-refractivity contribution is -0.130. The molecule has 1 unspecified atom stereocenters. The lowest BCUT2D eigenvalue weighted by Gasteiger charge is -2.31. The van der Waals surface area contributed by atoms with Crippen LogP contribution in [0.1, 0.15) is 59.3 Å². The van der Waals surface area contributed by atoms with Gasteiger partial charge in [0.05, 0.1) is 12.2 Å². The highest BCUT2D eigenvalue weighted by atomic mass is 16.7. The number of fused-ring (bicyclic) bond motifs is 1. The summed E-state index contributed by atoms with van der Waals surface area (Å²) in [7, 11) is 1.63. The number of carbonyl (C=O) groups excluding carboxylic acids is 1. The number of methoxy groups -OCH3 is 1. The quantitative estimate of drug-likeness (QED) is 0.638. The molecule has 1 saturated carbocycles. The van der Waals surface area contributed by atoms with Crippen LogP contribution in [0, 0.1) is 17.3 Å². The molecule has 0 spiro atoms. The summed E-state index contributed by atoms with van der Waals surface area (Å²) in [4.78, 5) is 12.8. The van der Waals surface area contributed by atoms with Gasteiger partial charge in [-0.1, -0.05) is 25.5 Å². The number of Topliss-reactive ketones (excluding diaryl/α,β-unsaturated/α-hetero) is 1. The van der Waals surface area contributed by atoms with E-state index >= 15 is 0 Å². The van der Waals surface area contributed by atoms with E-state index in [2.05, 4.69) is 26.8 Å². The Balaban J connectivity index is 2.20. The Hall–Kier alpha value is -0.710. The second-order valence-corrected chi connectivity index (χ2v) is 7.90. The van der Waals surface area contributed by atoms with E-state index in [1.807, 2.05) is 0 Å². The summed E-state index contributed by atoms with van der Waals surface area (Å²) < 4.78 is 10.8. The van der Waals surface area contributed by atoms with Crippen LogP contribution in [0.15, 0.2) is 11.6 Å². The van der Waals surface area contributed by atoms with Crippen molar-refractivity contribution in [3.05, 3.63) is 11.6 Å². The summed E-state index contributed by atoms with van der Waals surface area (Å²) in [5.41, 5.74) is 1.19. The van der Waals surface area contributed by atoms with E-state index in [-0.39, 0.29) is 35.9 Å². The van der Waals surface area contributed by atoms with Crippen molar-refractivity contribution in [1.82, 2.24) is 0 Å². The SMILES string of the molecule is COCOC1C/C(C)=C\C[C@]2(C)CC[C@@H](O)[C@H]2C(=O)C[C@H](C)C1. The molecule has 2 aliphatic carbocycles.